The van der Waals surface area contributed by atoms with Crippen LogP contribution in [0.15, 0.2) is 59.2 Å². The van der Waals surface area contributed by atoms with Crippen LogP contribution in [0.25, 0.3) is 11.3 Å². The van der Waals surface area contributed by atoms with Gasteiger partial charge in [0.15, 0.2) is 11.6 Å². The van der Waals surface area contributed by atoms with Crippen molar-refractivity contribution in [2.75, 3.05) is 44.2 Å². The SMILES string of the molecule is CC(C)CN(CC(=O)N1CCCN(c2ccc(-c3ccc(F)cc3)nn2)CC1)C(=O)c1ccco1. The number of hydrogen-bond acceptors (Lipinski definition) is 6. The van der Waals surface area contributed by atoms with Gasteiger partial charge in [-0.1, -0.05) is 13.8 Å². The molecule has 4 rings (SSSR count). The molecule has 3 heterocycles. The molecule has 0 atom stereocenters. The highest BCUT2D eigenvalue weighted by molar-refractivity contribution is 5.94. The van der Waals surface area contributed by atoms with Gasteiger partial charge in [0.2, 0.25) is 5.91 Å². The van der Waals surface area contributed by atoms with E-state index in [0.29, 0.717) is 31.9 Å². The number of hydrogen-bond donors (Lipinski definition) is 0. The summed E-state index contributed by atoms with van der Waals surface area (Å²) in [6.45, 7) is 7.02. The Morgan fingerprint density at radius 2 is 1.83 bits per heavy atom. The highest BCUT2D eigenvalue weighted by atomic mass is 19.1. The fraction of sp³-hybridized carbons (Fsp3) is 0.385. The van der Waals surface area contributed by atoms with E-state index in [1.807, 2.05) is 30.9 Å². The molecule has 184 valence electrons. The maximum atomic E-state index is 13.2. The number of aromatic nitrogens is 2. The van der Waals surface area contributed by atoms with Gasteiger partial charge in [0.25, 0.3) is 5.91 Å². The fourth-order valence-electron chi connectivity index (χ4n) is 4.14. The molecule has 0 spiro atoms. The average molecular weight is 480 g/mol. The maximum Gasteiger partial charge on any atom is 0.290 e. The summed E-state index contributed by atoms with van der Waals surface area (Å²) >= 11 is 0. The van der Waals surface area contributed by atoms with Gasteiger partial charge in [0.1, 0.15) is 12.4 Å². The number of rotatable bonds is 7. The lowest BCUT2D eigenvalue weighted by Crippen LogP contribution is -2.45. The van der Waals surface area contributed by atoms with E-state index in [9.17, 15) is 14.0 Å². The number of carbonyl (C=O) groups excluding carboxylic acids is 2. The van der Waals surface area contributed by atoms with Crippen molar-refractivity contribution in [1.82, 2.24) is 20.0 Å². The van der Waals surface area contributed by atoms with E-state index in [4.69, 9.17) is 4.42 Å². The van der Waals surface area contributed by atoms with Crippen molar-refractivity contribution in [3.8, 4) is 11.3 Å². The molecule has 2 amide bonds. The van der Waals surface area contributed by atoms with Crippen molar-refractivity contribution in [3.05, 3.63) is 66.4 Å². The molecule has 0 saturated carbocycles. The van der Waals surface area contributed by atoms with Gasteiger partial charge in [-0.2, -0.15) is 0 Å². The molecule has 0 N–H and O–H groups in total. The first-order valence-electron chi connectivity index (χ1n) is 11.9. The topological polar surface area (TPSA) is 82.8 Å². The van der Waals surface area contributed by atoms with Crippen molar-refractivity contribution < 1.29 is 18.4 Å². The number of carbonyl (C=O) groups is 2. The number of furan rings is 1. The third-order valence-corrected chi connectivity index (χ3v) is 5.89. The van der Waals surface area contributed by atoms with Gasteiger partial charge in [-0.3, -0.25) is 9.59 Å². The summed E-state index contributed by atoms with van der Waals surface area (Å²) in [6.07, 6.45) is 2.24. The number of halogens is 1. The molecule has 3 aromatic rings. The van der Waals surface area contributed by atoms with Crippen LogP contribution >= 0.6 is 0 Å². The van der Waals surface area contributed by atoms with E-state index in [2.05, 4.69) is 15.1 Å². The van der Waals surface area contributed by atoms with E-state index in [-0.39, 0.29) is 35.9 Å². The number of amides is 2. The summed E-state index contributed by atoms with van der Waals surface area (Å²) in [5, 5.41) is 8.66. The van der Waals surface area contributed by atoms with Crippen LogP contribution in [0.3, 0.4) is 0 Å². The van der Waals surface area contributed by atoms with Crippen LogP contribution in [0, 0.1) is 11.7 Å². The lowest BCUT2D eigenvalue weighted by atomic mass is 10.1. The smallest absolute Gasteiger partial charge is 0.290 e. The van der Waals surface area contributed by atoms with Crippen molar-refractivity contribution in [1.29, 1.82) is 0 Å². The lowest BCUT2D eigenvalue weighted by molar-refractivity contribution is -0.131. The number of anilines is 1. The summed E-state index contributed by atoms with van der Waals surface area (Å²) in [6, 6.07) is 13.2. The molecule has 0 bridgehead atoms. The number of nitrogens with zero attached hydrogens (tertiary/aromatic N) is 5. The molecule has 0 aliphatic carbocycles. The highest BCUT2D eigenvalue weighted by Gasteiger charge is 2.26. The summed E-state index contributed by atoms with van der Waals surface area (Å²) in [5.41, 5.74) is 1.47. The summed E-state index contributed by atoms with van der Waals surface area (Å²) < 4.78 is 18.4. The minimum atomic E-state index is -0.292. The molecule has 9 heteroatoms. The van der Waals surface area contributed by atoms with Gasteiger partial charge in [-0.05, 0) is 60.9 Å². The number of benzene rings is 1. The van der Waals surface area contributed by atoms with E-state index >= 15 is 0 Å². The Hall–Kier alpha value is -3.75. The van der Waals surface area contributed by atoms with Crippen LogP contribution in [0.1, 0.15) is 30.8 Å². The molecule has 0 radical (unpaired) electrons. The van der Waals surface area contributed by atoms with Crippen LogP contribution in [0.2, 0.25) is 0 Å². The largest absolute Gasteiger partial charge is 0.459 e. The van der Waals surface area contributed by atoms with Gasteiger partial charge in [-0.25, -0.2) is 4.39 Å². The monoisotopic (exact) mass is 479 g/mol. The predicted molar refractivity (Wildman–Crippen MR) is 130 cm³/mol. The second-order valence-electron chi connectivity index (χ2n) is 9.06. The van der Waals surface area contributed by atoms with Crippen molar-refractivity contribution in [3.63, 3.8) is 0 Å². The first kappa shape index (κ1) is 24.4. The van der Waals surface area contributed by atoms with Gasteiger partial charge in [0, 0.05) is 38.3 Å². The summed E-state index contributed by atoms with van der Waals surface area (Å²) in [5.74, 6) is 0.551. The third-order valence-electron chi connectivity index (χ3n) is 5.89. The molecule has 35 heavy (non-hydrogen) atoms. The summed E-state index contributed by atoms with van der Waals surface area (Å²) in [7, 11) is 0. The van der Waals surface area contributed by atoms with Crippen LogP contribution in [-0.4, -0.2) is 71.1 Å². The summed E-state index contributed by atoms with van der Waals surface area (Å²) in [4.78, 5) is 31.4. The zero-order valence-corrected chi connectivity index (χ0v) is 20.1. The molecule has 1 saturated heterocycles. The van der Waals surface area contributed by atoms with E-state index in [1.54, 1.807) is 29.2 Å². The maximum absolute atomic E-state index is 13.2. The Bertz CT molecular complexity index is 1120. The van der Waals surface area contributed by atoms with E-state index < -0.39 is 0 Å². The van der Waals surface area contributed by atoms with Gasteiger partial charge in [0.05, 0.1) is 12.0 Å². The van der Waals surface area contributed by atoms with Crippen molar-refractivity contribution in [2.45, 2.75) is 20.3 Å². The fourth-order valence-corrected chi connectivity index (χ4v) is 4.14. The quantitative estimate of drug-likeness (QED) is 0.514. The second-order valence-corrected chi connectivity index (χ2v) is 9.06. The average Bonchev–Trinajstić information content (AvgIpc) is 3.28. The molecule has 0 unspecified atom stereocenters. The molecule has 1 aliphatic heterocycles. The Morgan fingerprint density at radius 3 is 2.49 bits per heavy atom. The van der Waals surface area contributed by atoms with Crippen LogP contribution < -0.4 is 4.90 Å². The molecule has 2 aromatic heterocycles. The molecule has 1 aromatic carbocycles. The van der Waals surface area contributed by atoms with Crippen LogP contribution in [-0.2, 0) is 4.79 Å². The Labute approximate surface area is 204 Å². The Morgan fingerprint density at radius 1 is 1.03 bits per heavy atom. The standard InChI is InChI=1S/C26H30FN5O3/c1-19(2)17-32(26(34)23-5-3-16-35-23)18-25(33)31-13-4-12-30(14-15-31)24-11-10-22(28-29-24)20-6-8-21(27)9-7-20/h3,5-11,16,19H,4,12-15,17-18H2,1-2H3. The van der Waals surface area contributed by atoms with E-state index in [0.717, 1.165) is 24.3 Å². The zero-order valence-electron chi connectivity index (χ0n) is 20.1. The first-order chi connectivity index (χ1) is 16.9. The van der Waals surface area contributed by atoms with Gasteiger partial charge >= 0.3 is 0 Å². The van der Waals surface area contributed by atoms with Gasteiger partial charge in [-0.15, -0.1) is 10.2 Å². The lowest BCUT2D eigenvalue weighted by Gasteiger charge is -2.27. The second kappa shape index (κ2) is 11.1. The van der Waals surface area contributed by atoms with Crippen molar-refractivity contribution in [2.24, 2.45) is 5.92 Å². The molecule has 1 fully saturated rings. The Balaban J connectivity index is 1.37. The van der Waals surface area contributed by atoms with Crippen molar-refractivity contribution >= 4 is 17.6 Å². The van der Waals surface area contributed by atoms with Crippen LogP contribution in [0.4, 0.5) is 10.2 Å². The molecule has 8 nitrogen and oxygen atoms in total. The third kappa shape index (κ3) is 6.23. The van der Waals surface area contributed by atoms with Gasteiger partial charge < -0.3 is 19.1 Å². The first-order valence-corrected chi connectivity index (χ1v) is 11.9. The van der Waals surface area contributed by atoms with E-state index in [1.165, 1.54) is 18.4 Å². The molecule has 1 aliphatic rings. The normalized spacial score (nSPS) is 14.2. The predicted octanol–water partition coefficient (Wildman–Crippen LogP) is 3.71. The minimum Gasteiger partial charge on any atom is -0.459 e. The molecular weight excluding hydrogens is 449 g/mol. The zero-order chi connectivity index (χ0) is 24.8. The minimum absolute atomic E-state index is 0.0177. The van der Waals surface area contributed by atoms with Crippen LogP contribution in [0.5, 0.6) is 0 Å². The highest BCUT2D eigenvalue weighted by Crippen LogP contribution is 2.20. The molecular formula is C26H30FN5O3. The Kier molecular flexibility index (Phi) is 7.74.